The molecule has 9 aromatic carbocycles. The monoisotopic (exact) mass is 960 g/mol. The van der Waals surface area contributed by atoms with E-state index < -0.39 is 0 Å². The van der Waals surface area contributed by atoms with Crippen molar-refractivity contribution >= 4 is 27.3 Å². The number of fused-ring (bicyclic) bond motifs is 6. The van der Waals surface area contributed by atoms with Gasteiger partial charge in [0.05, 0.1) is 22.6 Å². The summed E-state index contributed by atoms with van der Waals surface area (Å²) >= 11 is 0. The number of pyridine rings is 3. The summed E-state index contributed by atoms with van der Waals surface area (Å²) in [5.41, 5.74) is 25.3. The van der Waals surface area contributed by atoms with E-state index in [0.29, 0.717) is 0 Å². The van der Waals surface area contributed by atoms with Gasteiger partial charge in [0, 0.05) is 40.0 Å². The average molecular weight is 961 g/mol. The molecule has 356 valence electrons. The predicted molar refractivity (Wildman–Crippen MR) is 313 cm³/mol. The number of nitrogens with zero attached hydrogens (tertiary/aromatic N) is 4. The highest BCUT2D eigenvalue weighted by Crippen LogP contribution is 2.41. The van der Waals surface area contributed by atoms with Gasteiger partial charge in [-0.05, 0) is 158 Å². The van der Waals surface area contributed by atoms with E-state index in [4.69, 9.17) is 9.97 Å². The van der Waals surface area contributed by atoms with Gasteiger partial charge in [-0.25, -0.2) is 4.98 Å². The molecule has 0 atom stereocenters. The summed E-state index contributed by atoms with van der Waals surface area (Å²) in [6.45, 7) is 4.27. The van der Waals surface area contributed by atoms with Gasteiger partial charge in [0.15, 0.2) is 0 Å². The quantitative estimate of drug-likeness (QED) is 0.121. The standard InChI is InChI=1S/C71H52N4/c1-47-48(2)75-70-22-11-10-20-65(70)67-45-58(37-38-66(67)71(75)74-47)62-17-7-9-19-64(62)60-43-50(24-23-49-25-27-55(28-26-49)68-21-12-13-40-72-68)42-59(44-60)63-18-8-6-16-61(63)54-33-35-56(36-34-54)69-46-57(39-41-73-69)53-31-29-52(30-32-53)51-14-4-3-5-15-51/h3-22,25-46H,23-24H2,1-2H3. The number of hydrogen-bond acceptors (Lipinski definition) is 3. The molecule has 13 aromatic rings. The normalized spacial score (nSPS) is 11.4. The summed E-state index contributed by atoms with van der Waals surface area (Å²) in [7, 11) is 0. The van der Waals surface area contributed by atoms with Crippen LogP contribution in [-0.4, -0.2) is 19.4 Å². The van der Waals surface area contributed by atoms with Crippen LogP contribution in [0.3, 0.4) is 0 Å². The van der Waals surface area contributed by atoms with Crippen LogP contribution in [0.4, 0.5) is 0 Å². The molecule has 4 heteroatoms. The van der Waals surface area contributed by atoms with Crippen LogP contribution < -0.4 is 0 Å². The van der Waals surface area contributed by atoms with Gasteiger partial charge in [-0.15, -0.1) is 0 Å². The molecule has 0 N–H and O–H groups in total. The third-order valence-electron chi connectivity index (χ3n) is 15.0. The fourth-order valence-electron chi connectivity index (χ4n) is 11.0. The van der Waals surface area contributed by atoms with Crippen LogP contribution in [0, 0.1) is 13.8 Å². The number of imidazole rings is 1. The van der Waals surface area contributed by atoms with Gasteiger partial charge in [0.2, 0.25) is 0 Å². The molecule has 0 saturated carbocycles. The summed E-state index contributed by atoms with van der Waals surface area (Å²) in [5.74, 6) is 0. The second-order valence-corrected chi connectivity index (χ2v) is 19.6. The van der Waals surface area contributed by atoms with Gasteiger partial charge in [0.25, 0.3) is 0 Å². The zero-order chi connectivity index (χ0) is 50.2. The van der Waals surface area contributed by atoms with Crippen molar-refractivity contribution in [1.29, 1.82) is 0 Å². The van der Waals surface area contributed by atoms with Crippen LogP contribution in [0.5, 0.6) is 0 Å². The van der Waals surface area contributed by atoms with Gasteiger partial charge < -0.3 is 0 Å². The summed E-state index contributed by atoms with van der Waals surface area (Å²) in [4.78, 5) is 14.5. The maximum Gasteiger partial charge on any atom is 0.145 e. The lowest BCUT2D eigenvalue weighted by Crippen LogP contribution is -1.96. The lowest BCUT2D eigenvalue weighted by Gasteiger charge is -2.17. The number of aromatic nitrogens is 4. The van der Waals surface area contributed by atoms with E-state index in [9.17, 15) is 0 Å². The fourth-order valence-corrected chi connectivity index (χ4v) is 11.0. The maximum atomic E-state index is 5.09. The highest BCUT2D eigenvalue weighted by Gasteiger charge is 2.18. The van der Waals surface area contributed by atoms with Gasteiger partial charge in [0.1, 0.15) is 5.65 Å². The fraction of sp³-hybridized carbons (Fsp3) is 0.0563. The van der Waals surface area contributed by atoms with Crippen molar-refractivity contribution in [3.05, 3.63) is 278 Å². The second kappa shape index (κ2) is 19.5. The molecule has 4 nitrogen and oxygen atoms in total. The van der Waals surface area contributed by atoms with Crippen LogP contribution in [0.25, 0.3) is 117 Å². The Morgan fingerprint density at radius 3 is 1.56 bits per heavy atom. The SMILES string of the molecule is Cc1nc2c3ccc(-c4ccccc4-c4cc(CCc5ccc(-c6ccccn6)cc5)cc(-c5ccccc5-c5ccc(-c6cc(-c7ccc(-c8ccccc8)cc7)ccn6)cc5)c4)cc3c3ccccc3n2c1C. The molecule has 0 amide bonds. The van der Waals surface area contributed by atoms with E-state index in [2.05, 4.69) is 254 Å². The summed E-state index contributed by atoms with van der Waals surface area (Å²) < 4.78 is 2.32. The molecule has 4 aromatic heterocycles. The van der Waals surface area contributed by atoms with Crippen molar-refractivity contribution in [3.8, 4) is 89.3 Å². The first-order valence-corrected chi connectivity index (χ1v) is 25.9. The van der Waals surface area contributed by atoms with Crippen molar-refractivity contribution in [2.75, 3.05) is 0 Å². The Hall–Kier alpha value is -9.51. The van der Waals surface area contributed by atoms with Crippen molar-refractivity contribution in [2.24, 2.45) is 0 Å². The molecule has 4 heterocycles. The molecule has 75 heavy (non-hydrogen) atoms. The zero-order valence-electron chi connectivity index (χ0n) is 42.0. The van der Waals surface area contributed by atoms with E-state index in [1.54, 1.807) is 0 Å². The number of aryl methyl sites for hydroxylation is 4. The molecule has 0 aliphatic heterocycles. The molecule has 13 rings (SSSR count). The smallest absolute Gasteiger partial charge is 0.145 e. The molecule has 0 unspecified atom stereocenters. The third-order valence-corrected chi connectivity index (χ3v) is 15.0. The summed E-state index contributed by atoms with van der Waals surface area (Å²) in [6.07, 6.45) is 5.56. The van der Waals surface area contributed by atoms with Crippen LogP contribution in [0.1, 0.15) is 22.5 Å². The van der Waals surface area contributed by atoms with Gasteiger partial charge in [-0.2, -0.15) is 0 Å². The van der Waals surface area contributed by atoms with Crippen LogP contribution in [-0.2, 0) is 12.8 Å². The van der Waals surface area contributed by atoms with Crippen LogP contribution in [0.15, 0.2) is 255 Å². The van der Waals surface area contributed by atoms with E-state index in [1.807, 2.05) is 24.5 Å². The molecule has 0 bridgehead atoms. The van der Waals surface area contributed by atoms with Crippen LogP contribution >= 0.6 is 0 Å². The van der Waals surface area contributed by atoms with Crippen LogP contribution in [0.2, 0.25) is 0 Å². The lowest BCUT2D eigenvalue weighted by molar-refractivity contribution is 0.961. The van der Waals surface area contributed by atoms with E-state index in [0.717, 1.165) is 63.2 Å². The highest BCUT2D eigenvalue weighted by molar-refractivity contribution is 6.13. The predicted octanol–water partition coefficient (Wildman–Crippen LogP) is 18.2. The molecule has 0 radical (unpaired) electrons. The summed E-state index contributed by atoms with van der Waals surface area (Å²) in [5, 5.41) is 3.58. The number of hydrogen-bond donors (Lipinski definition) is 0. The Morgan fingerprint density at radius 2 is 0.853 bits per heavy atom. The number of para-hydroxylation sites is 1. The maximum absolute atomic E-state index is 5.09. The van der Waals surface area contributed by atoms with Gasteiger partial charge in [-0.1, -0.05) is 194 Å². The minimum atomic E-state index is 0.882. The van der Waals surface area contributed by atoms with E-state index in [1.165, 1.54) is 88.7 Å². The first kappa shape index (κ1) is 45.4. The van der Waals surface area contributed by atoms with E-state index in [-0.39, 0.29) is 0 Å². The molecule has 0 spiro atoms. The first-order valence-electron chi connectivity index (χ1n) is 25.9. The van der Waals surface area contributed by atoms with Gasteiger partial charge >= 0.3 is 0 Å². The molecule has 0 aliphatic rings. The Bertz CT molecular complexity index is 4210. The van der Waals surface area contributed by atoms with Crippen molar-refractivity contribution in [3.63, 3.8) is 0 Å². The Morgan fingerprint density at radius 1 is 0.320 bits per heavy atom. The lowest BCUT2D eigenvalue weighted by atomic mass is 9.87. The zero-order valence-corrected chi connectivity index (χ0v) is 42.0. The van der Waals surface area contributed by atoms with E-state index >= 15 is 0 Å². The van der Waals surface area contributed by atoms with Crippen molar-refractivity contribution in [2.45, 2.75) is 26.7 Å². The number of rotatable bonds is 11. The molecular formula is C71H52N4. The Balaban J connectivity index is 0.871. The largest absolute Gasteiger partial charge is 0.296 e. The molecule has 0 aliphatic carbocycles. The second-order valence-electron chi connectivity index (χ2n) is 19.6. The summed E-state index contributed by atoms with van der Waals surface area (Å²) in [6, 6.07) is 88.1. The molecule has 0 saturated heterocycles. The molecule has 0 fully saturated rings. The first-order chi connectivity index (χ1) is 37.0. The average Bonchev–Trinajstić information content (AvgIpc) is 3.80. The van der Waals surface area contributed by atoms with Crippen molar-refractivity contribution in [1.82, 2.24) is 19.4 Å². The number of benzene rings is 9. The Kier molecular flexibility index (Phi) is 11.8. The van der Waals surface area contributed by atoms with Gasteiger partial charge in [-0.3, -0.25) is 14.4 Å². The minimum absolute atomic E-state index is 0.882. The van der Waals surface area contributed by atoms with Crippen molar-refractivity contribution < 1.29 is 0 Å². The topological polar surface area (TPSA) is 43.1 Å². The Labute approximate surface area is 438 Å². The minimum Gasteiger partial charge on any atom is -0.296 e. The highest BCUT2D eigenvalue weighted by atomic mass is 15.0. The molecular weight excluding hydrogens is 909 g/mol. The third kappa shape index (κ3) is 8.77.